The molecule has 8 nitrogen and oxygen atoms in total. The van der Waals surface area contributed by atoms with Crippen molar-refractivity contribution in [2.45, 2.75) is 11.3 Å². The number of nitrogens with one attached hydrogen (secondary N) is 1. The fraction of sp³-hybridized carbons (Fsp3) is 0.333. The number of nitrogens with two attached hydrogens (primary N) is 2. The average molecular weight is 315 g/mol. The molecular formula is C12H17N3O5S. The lowest BCUT2D eigenvalue weighted by Crippen LogP contribution is -2.35. The van der Waals surface area contributed by atoms with E-state index in [-0.39, 0.29) is 24.6 Å². The van der Waals surface area contributed by atoms with Gasteiger partial charge in [0.1, 0.15) is 6.54 Å². The Kier molecular flexibility index (Phi) is 6.28. The van der Waals surface area contributed by atoms with Crippen LogP contribution < -0.4 is 16.2 Å². The monoisotopic (exact) mass is 315 g/mol. The fourth-order valence-electron chi connectivity index (χ4n) is 1.42. The molecule has 0 aliphatic carbocycles. The van der Waals surface area contributed by atoms with Gasteiger partial charge in [-0.3, -0.25) is 9.59 Å². The van der Waals surface area contributed by atoms with E-state index in [0.29, 0.717) is 6.42 Å². The minimum atomic E-state index is -3.71. The first-order chi connectivity index (χ1) is 9.82. The van der Waals surface area contributed by atoms with Crippen molar-refractivity contribution in [2.24, 2.45) is 10.9 Å². The van der Waals surface area contributed by atoms with Gasteiger partial charge in [0.15, 0.2) is 0 Å². The maximum atomic E-state index is 11.3. The smallest absolute Gasteiger partial charge is 0.325 e. The van der Waals surface area contributed by atoms with Gasteiger partial charge in [-0.15, -0.1) is 0 Å². The predicted octanol–water partition coefficient (Wildman–Crippen LogP) is -1.51. The molecule has 0 bridgehead atoms. The maximum Gasteiger partial charge on any atom is 0.325 e. The van der Waals surface area contributed by atoms with Crippen LogP contribution in [0.4, 0.5) is 0 Å². The van der Waals surface area contributed by atoms with Crippen LogP contribution in [-0.2, 0) is 30.8 Å². The zero-order valence-corrected chi connectivity index (χ0v) is 12.1. The molecule has 0 fully saturated rings. The number of esters is 1. The number of amides is 1. The summed E-state index contributed by atoms with van der Waals surface area (Å²) >= 11 is 0. The number of carbonyl (C=O) groups excluding carboxylic acids is 2. The highest BCUT2D eigenvalue weighted by Crippen LogP contribution is 2.09. The van der Waals surface area contributed by atoms with Gasteiger partial charge in [0.2, 0.25) is 15.9 Å². The molecule has 0 aliphatic rings. The number of hydrogen-bond acceptors (Lipinski definition) is 6. The largest absolute Gasteiger partial charge is 0.464 e. The first-order valence-corrected chi connectivity index (χ1v) is 7.61. The second-order valence-corrected chi connectivity index (χ2v) is 5.70. The van der Waals surface area contributed by atoms with E-state index in [1.54, 1.807) is 12.1 Å². The number of benzene rings is 1. The number of ether oxygens (including phenoxy) is 1. The molecule has 0 heterocycles. The molecule has 0 saturated heterocycles. The molecule has 0 radical (unpaired) electrons. The van der Waals surface area contributed by atoms with Crippen molar-refractivity contribution in [2.75, 3.05) is 19.7 Å². The summed E-state index contributed by atoms with van der Waals surface area (Å²) in [5.41, 5.74) is 5.85. The average Bonchev–Trinajstić information content (AvgIpc) is 2.44. The summed E-state index contributed by atoms with van der Waals surface area (Å²) in [6, 6.07) is 5.94. The zero-order valence-electron chi connectivity index (χ0n) is 11.2. The van der Waals surface area contributed by atoms with E-state index in [0.717, 1.165) is 5.56 Å². The molecule has 9 heteroatoms. The summed E-state index contributed by atoms with van der Waals surface area (Å²) in [6.07, 6.45) is 0.418. The van der Waals surface area contributed by atoms with Gasteiger partial charge in [-0.2, -0.15) is 0 Å². The summed E-state index contributed by atoms with van der Waals surface area (Å²) in [5, 5.41) is 7.26. The van der Waals surface area contributed by atoms with Crippen molar-refractivity contribution < 1.29 is 22.7 Å². The van der Waals surface area contributed by atoms with Gasteiger partial charge in [0, 0.05) is 6.42 Å². The predicted molar refractivity (Wildman–Crippen MR) is 74.5 cm³/mol. The highest BCUT2D eigenvalue weighted by molar-refractivity contribution is 7.89. The third-order valence-electron chi connectivity index (χ3n) is 2.52. The first-order valence-electron chi connectivity index (χ1n) is 6.07. The van der Waals surface area contributed by atoms with Gasteiger partial charge in [-0.05, 0) is 17.7 Å². The molecule has 0 aliphatic heterocycles. The van der Waals surface area contributed by atoms with Gasteiger partial charge in [-0.1, -0.05) is 12.1 Å². The van der Waals surface area contributed by atoms with Gasteiger partial charge in [0.25, 0.3) is 0 Å². The molecule has 116 valence electrons. The van der Waals surface area contributed by atoms with Gasteiger partial charge >= 0.3 is 5.97 Å². The lowest BCUT2D eigenvalue weighted by atomic mass is 10.2. The molecule has 1 amide bonds. The lowest BCUT2D eigenvalue weighted by molar-refractivity contribution is -0.143. The molecule has 0 unspecified atom stereocenters. The Bertz CT molecular complexity index is 598. The van der Waals surface area contributed by atoms with Gasteiger partial charge < -0.3 is 15.8 Å². The quantitative estimate of drug-likeness (QED) is 0.522. The number of primary sulfonamides is 1. The van der Waals surface area contributed by atoms with E-state index >= 15 is 0 Å². The fourth-order valence-corrected chi connectivity index (χ4v) is 1.94. The zero-order chi connectivity index (χ0) is 15.9. The van der Waals surface area contributed by atoms with Gasteiger partial charge in [-0.25, -0.2) is 13.6 Å². The van der Waals surface area contributed by atoms with E-state index in [9.17, 15) is 18.0 Å². The maximum absolute atomic E-state index is 11.3. The van der Waals surface area contributed by atoms with E-state index in [2.05, 4.69) is 5.32 Å². The number of hydrogen-bond donors (Lipinski definition) is 3. The van der Waals surface area contributed by atoms with Crippen LogP contribution in [0.5, 0.6) is 0 Å². The highest BCUT2D eigenvalue weighted by atomic mass is 32.2. The first kappa shape index (κ1) is 17.1. The Balaban J connectivity index is 2.36. The Morgan fingerprint density at radius 3 is 2.33 bits per heavy atom. The summed E-state index contributed by atoms with van der Waals surface area (Å²) < 4.78 is 27.0. The van der Waals surface area contributed by atoms with Crippen LogP contribution >= 0.6 is 0 Å². The Labute approximate surface area is 122 Å². The van der Waals surface area contributed by atoms with Crippen LogP contribution in [0.1, 0.15) is 5.56 Å². The van der Waals surface area contributed by atoms with Crippen LogP contribution in [0.3, 0.4) is 0 Å². The minimum Gasteiger partial charge on any atom is -0.464 e. The molecule has 1 aromatic carbocycles. The standard InChI is InChI=1S/C12H17N3O5S/c13-7-11(16)15-8-12(17)20-6-5-9-1-3-10(4-2-9)21(14,18)19/h1-4H,5-8,13H2,(H,15,16)(H2,14,18,19). The third-order valence-corrected chi connectivity index (χ3v) is 3.45. The highest BCUT2D eigenvalue weighted by Gasteiger charge is 2.08. The topological polar surface area (TPSA) is 142 Å². The number of rotatable bonds is 7. The van der Waals surface area contributed by atoms with Crippen LogP contribution in [0, 0.1) is 0 Å². The van der Waals surface area contributed by atoms with Crippen molar-refractivity contribution in [3.05, 3.63) is 29.8 Å². The summed E-state index contributed by atoms with van der Waals surface area (Å²) in [6.45, 7) is -0.309. The molecule has 1 rings (SSSR count). The Morgan fingerprint density at radius 2 is 1.81 bits per heavy atom. The summed E-state index contributed by atoms with van der Waals surface area (Å²) in [4.78, 5) is 22.1. The van der Waals surface area contributed by atoms with Crippen LogP contribution in [0.15, 0.2) is 29.2 Å². The van der Waals surface area contributed by atoms with Crippen LogP contribution in [0.2, 0.25) is 0 Å². The second kappa shape index (κ2) is 7.72. The minimum absolute atomic E-state index is 0.0211. The van der Waals surface area contributed by atoms with Crippen molar-refractivity contribution in [3.8, 4) is 0 Å². The second-order valence-electron chi connectivity index (χ2n) is 4.14. The number of sulfonamides is 1. The van der Waals surface area contributed by atoms with Crippen LogP contribution in [-0.4, -0.2) is 40.0 Å². The molecule has 21 heavy (non-hydrogen) atoms. The van der Waals surface area contributed by atoms with Crippen molar-refractivity contribution in [1.29, 1.82) is 0 Å². The Hall–Kier alpha value is -1.97. The van der Waals surface area contributed by atoms with E-state index in [1.807, 2.05) is 0 Å². The molecule has 0 atom stereocenters. The SMILES string of the molecule is NCC(=O)NCC(=O)OCCc1ccc(S(N)(=O)=O)cc1. The molecule has 1 aromatic rings. The lowest BCUT2D eigenvalue weighted by Gasteiger charge is -2.06. The van der Waals surface area contributed by atoms with E-state index < -0.39 is 21.9 Å². The molecule has 0 aromatic heterocycles. The van der Waals surface area contributed by atoms with Crippen molar-refractivity contribution in [3.63, 3.8) is 0 Å². The van der Waals surface area contributed by atoms with Crippen LogP contribution in [0.25, 0.3) is 0 Å². The van der Waals surface area contributed by atoms with E-state index in [4.69, 9.17) is 15.6 Å². The summed E-state index contributed by atoms with van der Waals surface area (Å²) in [5.74, 6) is -1.01. The van der Waals surface area contributed by atoms with Crippen molar-refractivity contribution >= 4 is 21.9 Å². The van der Waals surface area contributed by atoms with E-state index in [1.165, 1.54) is 12.1 Å². The summed E-state index contributed by atoms with van der Waals surface area (Å²) in [7, 11) is -3.71. The number of carbonyl (C=O) groups is 2. The Morgan fingerprint density at radius 1 is 1.19 bits per heavy atom. The van der Waals surface area contributed by atoms with Gasteiger partial charge in [0.05, 0.1) is 18.0 Å². The molecule has 0 spiro atoms. The molecular weight excluding hydrogens is 298 g/mol. The molecule has 5 N–H and O–H groups in total. The van der Waals surface area contributed by atoms with Crippen molar-refractivity contribution in [1.82, 2.24) is 5.32 Å². The third kappa shape index (κ3) is 6.34. The normalized spacial score (nSPS) is 11.0. The molecule has 0 saturated carbocycles.